The summed E-state index contributed by atoms with van der Waals surface area (Å²) in [4.78, 5) is 28.4. The zero-order valence-corrected chi connectivity index (χ0v) is 15.2. The summed E-state index contributed by atoms with van der Waals surface area (Å²) in [5.41, 5.74) is 0.170. The van der Waals surface area contributed by atoms with Gasteiger partial charge in [-0.1, -0.05) is 0 Å². The van der Waals surface area contributed by atoms with Crippen LogP contribution in [0.25, 0.3) is 0 Å². The second kappa shape index (κ2) is 7.51. The molecule has 0 aromatic heterocycles. The molecule has 1 aromatic rings. The van der Waals surface area contributed by atoms with E-state index >= 15 is 0 Å². The summed E-state index contributed by atoms with van der Waals surface area (Å²) in [6, 6.07) is 4.83. The van der Waals surface area contributed by atoms with Gasteiger partial charge < -0.3 is 19.5 Å². The molecule has 2 aliphatic rings. The van der Waals surface area contributed by atoms with Crippen LogP contribution in [-0.2, 0) is 16.1 Å². The standard InChI is InChI=1S/C18H25N3O5/c1-25-8-7-21-17(24)19-16(23)18(21)3-5-20(6-4-18)12-13-9-14(22)11-15(10-13)26-2/h9-11,22H,3-8,12H2,1-2H3,(H,19,23,24). The monoisotopic (exact) mass is 363 g/mol. The van der Waals surface area contributed by atoms with Crippen molar-refractivity contribution in [3.63, 3.8) is 0 Å². The third-order valence-corrected chi connectivity index (χ3v) is 5.20. The fraction of sp³-hybridized carbons (Fsp3) is 0.556. The first kappa shape index (κ1) is 18.5. The molecule has 8 heteroatoms. The van der Waals surface area contributed by atoms with Crippen LogP contribution in [0.1, 0.15) is 18.4 Å². The van der Waals surface area contributed by atoms with E-state index in [0.29, 0.717) is 51.4 Å². The average Bonchev–Trinajstić information content (AvgIpc) is 2.84. The van der Waals surface area contributed by atoms with E-state index in [0.717, 1.165) is 5.56 Å². The first-order valence-corrected chi connectivity index (χ1v) is 8.70. The molecular weight excluding hydrogens is 338 g/mol. The molecule has 1 aromatic carbocycles. The molecule has 0 unspecified atom stereocenters. The van der Waals surface area contributed by atoms with E-state index in [1.807, 2.05) is 6.07 Å². The molecule has 2 heterocycles. The largest absolute Gasteiger partial charge is 0.508 e. The predicted octanol–water partition coefficient (Wildman–Crippen LogP) is 0.934. The smallest absolute Gasteiger partial charge is 0.325 e. The lowest BCUT2D eigenvalue weighted by atomic mass is 9.86. The molecule has 2 saturated heterocycles. The molecule has 1 spiro atoms. The molecule has 2 N–H and O–H groups in total. The number of rotatable bonds is 6. The number of hydrogen-bond acceptors (Lipinski definition) is 6. The Morgan fingerprint density at radius 2 is 1.92 bits per heavy atom. The normalized spacial score (nSPS) is 19.8. The summed E-state index contributed by atoms with van der Waals surface area (Å²) in [6.45, 7) is 2.81. The van der Waals surface area contributed by atoms with E-state index < -0.39 is 5.54 Å². The molecule has 0 radical (unpaired) electrons. The molecular formula is C18H25N3O5. The summed E-state index contributed by atoms with van der Waals surface area (Å²) in [5, 5.41) is 12.2. The molecule has 0 saturated carbocycles. The molecule has 26 heavy (non-hydrogen) atoms. The summed E-state index contributed by atoms with van der Waals surface area (Å²) in [7, 11) is 3.14. The number of carbonyl (C=O) groups excluding carboxylic acids is 2. The molecule has 142 valence electrons. The minimum Gasteiger partial charge on any atom is -0.508 e. The van der Waals surface area contributed by atoms with Crippen LogP contribution in [0.3, 0.4) is 0 Å². The number of ether oxygens (including phenoxy) is 2. The Balaban J connectivity index is 1.67. The van der Waals surface area contributed by atoms with Gasteiger partial charge in [-0.25, -0.2) is 4.79 Å². The van der Waals surface area contributed by atoms with E-state index in [9.17, 15) is 14.7 Å². The maximum absolute atomic E-state index is 12.4. The number of hydrogen-bond donors (Lipinski definition) is 2. The lowest BCUT2D eigenvalue weighted by Crippen LogP contribution is -2.57. The van der Waals surface area contributed by atoms with Gasteiger partial charge in [0, 0.05) is 39.4 Å². The SMILES string of the molecule is COCCN1C(=O)NC(=O)C12CCN(Cc1cc(O)cc(OC)c1)CC2. The number of phenolic OH excluding ortho intramolecular Hbond substituents is 1. The molecule has 2 fully saturated rings. The maximum atomic E-state index is 12.4. The van der Waals surface area contributed by atoms with E-state index in [1.165, 1.54) is 0 Å². The second-order valence-electron chi connectivity index (χ2n) is 6.75. The highest BCUT2D eigenvalue weighted by Crippen LogP contribution is 2.34. The minimum atomic E-state index is -0.775. The van der Waals surface area contributed by atoms with Gasteiger partial charge in [0.05, 0.1) is 13.7 Å². The highest BCUT2D eigenvalue weighted by molar-refractivity contribution is 6.07. The number of likely N-dealkylation sites (tertiary alicyclic amines) is 1. The van der Waals surface area contributed by atoms with Gasteiger partial charge >= 0.3 is 6.03 Å². The molecule has 8 nitrogen and oxygen atoms in total. The number of urea groups is 1. The van der Waals surface area contributed by atoms with Crippen molar-refractivity contribution in [2.75, 3.05) is 40.5 Å². The number of nitrogens with one attached hydrogen (secondary N) is 1. The van der Waals surface area contributed by atoms with Crippen molar-refractivity contribution in [2.45, 2.75) is 24.9 Å². The van der Waals surface area contributed by atoms with Crippen molar-refractivity contribution in [1.29, 1.82) is 0 Å². The van der Waals surface area contributed by atoms with Gasteiger partial charge in [-0.05, 0) is 30.5 Å². The Hall–Kier alpha value is -2.32. The first-order valence-electron chi connectivity index (χ1n) is 8.70. The van der Waals surface area contributed by atoms with Crippen molar-refractivity contribution in [1.82, 2.24) is 15.1 Å². The van der Waals surface area contributed by atoms with Crippen LogP contribution in [0.15, 0.2) is 18.2 Å². The summed E-state index contributed by atoms with van der Waals surface area (Å²) in [6.07, 6.45) is 1.15. The fourth-order valence-electron chi connectivity index (χ4n) is 3.78. The van der Waals surface area contributed by atoms with Crippen molar-refractivity contribution < 1.29 is 24.2 Å². The van der Waals surface area contributed by atoms with Crippen LogP contribution in [0.4, 0.5) is 4.79 Å². The van der Waals surface area contributed by atoms with Gasteiger partial charge in [-0.2, -0.15) is 0 Å². The number of amides is 3. The molecule has 0 aliphatic carbocycles. The van der Waals surface area contributed by atoms with Crippen LogP contribution in [0, 0.1) is 0 Å². The Bertz CT molecular complexity index is 685. The van der Waals surface area contributed by atoms with Crippen LogP contribution in [0.5, 0.6) is 11.5 Å². The number of methoxy groups -OCH3 is 2. The summed E-state index contributed by atoms with van der Waals surface area (Å²) < 4.78 is 10.3. The molecule has 0 bridgehead atoms. The van der Waals surface area contributed by atoms with Crippen LogP contribution < -0.4 is 10.1 Å². The fourth-order valence-corrected chi connectivity index (χ4v) is 3.78. The minimum absolute atomic E-state index is 0.166. The second-order valence-corrected chi connectivity index (χ2v) is 6.75. The number of imide groups is 1. The van der Waals surface area contributed by atoms with Gasteiger partial charge in [0.2, 0.25) is 0 Å². The Morgan fingerprint density at radius 3 is 2.58 bits per heavy atom. The van der Waals surface area contributed by atoms with E-state index in [-0.39, 0.29) is 17.7 Å². The first-order chi connectivity index (χ1) is 12.5. The summed E-state index contributed by atoms with van der Waals surface area (Å²) >= 11 is 0. The zero-order chi connectivity index (χ0) is 18.7. The van der Waals surface area contributed by atoms with Gasteiger partial charge in [-0.3, -0.25) is 15.0 Å². The average molecular weight is 363 g/mol. The molecule has 3 amide bonds. The maximum Gasteiger partial charge on any atom is 0.325 e. The van der Waals surface area contributed by atoms with Crippen LogP contribution >= 0.6 is 0 Å². The summed E-state index contributed by atoms with van der Waals surface area (Å²) in [5.74, 6) is 0.566. The number of nitrogens with zero attached hydrogens (tertiary/aromatic N) is 2. The third kappa shape index (κ3) is 3.47. The Kier molecular flexibility index (Phi) is 5.33. The van der Waals surface area contributed by atoms with Crippen LogP contribution in [0.2, 0.25) is 0 Å². The topological polar surface area (TPSA) is 91.3 Å². The zero-order valence-electron chi connectivity index (χ0n) is 15.2. The van der Waals surface area contributed by atoms with E-state index in [2.05, 4.69) is 10.2 Å². The number of phenols is 1. The van der Waals surface area contributed by atoms with Crippen molar-refractivity contribution in [3.8, 4) is 11.5 Å². The Labute approximate surface area is 152 Å². The lowest BCUT2D eigenvalue weighted by molar-refractivity contribution is -0.129. The van der Waals surface area contributed by atoms with Crippen molar-refractivity contribution in [3.05, 3.63) is 23.8 Å². The van der Waals surface area contributed by atoms with Gasteiger partial charge in [0.15, 0.2) is 0 Å². The van der Waals surface area contributed by atoms with E-state index in [1.54, 1.807) is 31.3 Å². The van der Waals surface area contributed by atoms with Crippen molar-refractivity contribution in [2.24, 2.45) is 0 Å². The number of carbonyl (C=O) groups is 2. The van der Waals surface area contributed by atoms with Crippen LogP contribution in [-0.4, -0.2) is 72.8 Å². The highest BCUT2D eigenvalue weighted by Gasteiger charge is 2.53. The number of aromatic hydroxyl groups is 1. The molecule has 0 atom stereocenters. The van der Waals surface area contributed by atoms with Gasteiger partial charge in [0.25, 0.3) is 5.91 Å². The predicted molar refractivity (Wildman–Crippen MR) is 94.0 cm³/mol. The van der Waals surface area contributed by atoms with Crippen molar-refractivity contribution >= 4 is 11.9 Å². The third-order valence-electron chi connectivity index (χ3n) is 5.20. The molecule has 3 rings (SSSR count). The van der Waals surface area contributed by atoms with Gasteiger partial charge in [-0.15, -0.1) is 0 Å². The van der Waals surface area contributed by atoms with Gasteiger partial charge in [0.1, 0.15) is 17.0 Å². The lowest BCUT2D eigenvalue weighted by Gasteiger charge is -2.42. The highest BCUT2D eigenvalue weighted by atomic mass is 16.5. The Morgan fingerprint density at radius 1 is 1.19 bits per heavy atom. The molecule has 2 aliphatic heterocycles. The van der Waals surface area contributed by atoms with E-state index in [4.69, 9.17) is 9.47 Å². The quantitative estimate of drug-likeness (QED) is 0.731. The number of benzene rings is 1. The number of piperidine rings is 1.